The minimum atomic E-state index is -3.64. The Labute approximate surface area is 142 Å². The topological polar surface area (TPSA) is 102 Å². The number of esters is 1. The fourth-order valence-electron chi connectivity index (χ4n) is 2.09. The summed E-state index contributed by atoms with van der Waals surface area (Å²) >= 11 is 0. The molecule has 2 N–H and O–H groups in total. The van der Waals surface area contributed by atoms with Crippen molar-refractivity contribution in [1.29, 1.82) is 0 Å². The fourth-order valence-corrected chi connectivity index (χ4v) is 3.18. The molecule has 1 rings (SSSR count). The lowest BCUT2D eigenvalue weighted by atomic mass is 10.0. The molecule has 0 unspecified atom stereocenters. The van der Waals surface area contributed by atoms with Crippen molar-refractivity contribution in [3.63, 3.8) is 0 Å². The number of hydrogen-bond acceptors (Lipinski definition) is 5. The van der Waals surface area contributed by atoms with Gasteiger partial charge >= 0.3 is 5.97 Å². The van der Waals surface area contributed by atoms with Crippen LogP contribution >= 0.6 is 0 Å². The Kier molecular flexibility index (Phi) is 7.87. The van der Waals surface area contributed by atoms with Crippen LogP contribution < -0.4 is 10.0 Å². The lowest BCUT2D eigenvalue weighted by Crippen LogP contribution is -2.46. The molecule has 0 aliphatic rings. The maximum Gasteiger partial charge on any atom is 0.328 e. The molecule has 0 saturated heterocycles. The van der Waals surface area contributed by atoms with Gasteiger partial charge in [-0.2, -0.15) is 0 Å². The highest BCUT2D eigenvalue weighted by Gasteiger charge is 2.23. The van der Waals surface area contributed by atoms with Crippen LogP contribution in [0, 0.1) is 5.92 Å². The van der Waals surface area contributed by atoms with Gasteiger partial charge in [0.05, 0.1) is 19.4 Å². The predicted octanol–water partition coefficient (Wildman–Crippen LogP) is 0.810. The Bertz CT molecular complexity index is 644. The number of amides is 1. The SMILES string of the molecule is COC(=O)[C@H](CC(C)C)NC(=O)CNS(=O)(=O)Cc1ccccc1. The monoisotopic (exact) mass is 356 g/mol. The van der Waals surface area contributed by atoms with Crippen LogP contribution in [0.5, 0.6) is 0 Å². The molecule has 0 heterocycles. The molecule has 1 aromatic rings. The molecule has 0 fully saturated rings. The summed E-state index contributed by atoms with van der Waals surface area (Å²) in [6.07, 6.45) is 0.412. The summed E-state index contributed by atoms with van der Waals surface area (Å²) in [6, 6.07) is 7.86. The first-order valence-corrected chi connectivity index (χ1v) is 9.27. The second kappa shape index (κ2) is 9.39. The van der Waals surface area contributed by atoms with E-state index in [-0.39, 0.29) is 11.7 Å². The molecule has 0 bridgehead atoms. The van der Waals surface area contributed by atoms with Gasteiger partial charge in [0.15, 0.2) is 0 Å². The summed E-state index contributed by atoms with van der Waals surface area (Å²) in [6.45, 7) is 3.39. The average Bonchev–Trinajstić information content (AvgIpc) is 2.52. The summed E-state index contributed by atoms with van der Waals surface area (Å²) in [5.41, 5.74) is 0.623. The van der Waals surface area contributed by atoms with E-state index < -0.39 is 34.5 Å². The normalized spacial score (nSPS) is 12.7. The van der Waals surface area contributed by atoms with Crippen molar-refractivity contribution in [2.45, 2.75) is 32.1 Å². The summed E-state index contributed by atoms with van der Waals surface area (Å²) in [7, 11) is -2.40. The maximum atomic E-state index is 12.0. The number of benzene rings is 1. The van der Waals surface area contributed by atoms with Gasteiger partial charge < -0.3 is 10.1 Å². The van der Waals surface area contributed by atoms with E-state index in [2.05, 4.69) is 14.8 Å². The summed E-state index contributed by atoms with van der Waals surface area (Å²) in [4.78, 5) is 23.6. The molecule has 7 nitrogen and oxygen atoms in total. The van der Waals surface area contributed by atoms with E-state index in [1.165, 1.54) is 7.11 Å². The third-order valence-corrected chi connectivity index (χ3v) is 4.48. The predicted molar refractivity (Wildman–Crippen MR) is 90.5 cm³/mol. The van der Waals surface area contributed by atoms with Crippen molar-refractivity contribution >= 4 is 21.9 Å². The molecule has 1 atom stereocenters. The first-order chi connectivity index (χ1) is 11.2. The van der Waals surface area contributed by atoms with Crippen molar-refractivity contribution < 1.29 is 22.7 Å². The number of carbonyl (C=O) groups is 2. The van der Waals surface area contributed by atoms with Gasteiger partial charge in [0, 0.05) is 0 Å². The van der Waals surface area contributed by atoms with E-state index in [9.17, 15) is 18.0 Å². The number of nitrogens with one attached hydrogen (secondary N) is 2. The highest BCUT2D eigenvalue weighted by atomic mass is 32.2. The van der Waals surface area contributed by atoms with Crippen LogP contribution in [0.1, 0.15) is 25.8 Å². The summed E-state index contributed by atoms with van der Waals surface area (Å²) < 4.78 is 30.8. The van der Waals surface area contributed by atoms with Crippen molar-refractivity contribution in [3.8, 4) is 0 Å². The van der Waals surface area contributed by atoms with Gasteiger partial charge in [-0.05, 0) is 17.9 Å². The molecule has 1 amide bonds. The summed E-state index contributed by atoms with van der Waals surface area (Å²) in [5, 5.41) is 2.50. The van der Waals surface area contributed by atoms with Crippen LogP contribution in [0.15, 0.2) is 30.3 Å². The van der Waals surface area contributed by atoms with Gasteiger partial charge in [-0.1, -0.05) is 44.2 Å². The van der Waals surface area contributed by atoms with Crippen LogP contribution in [0.3, 0.4) is 0 Å². The van der Waals surface area contributed by atoms with E-state index in [0.717, 1.165) is 0 Å². The second-order valence-corrected chi connectivity index (χ2v) is 7.65. The first-order valence-electron chi connectivity index (χ1n) is 7.62. The van der Waals surface area contributed by atoms with Crippen molar-refractivity contribution in [1.82, 2.24) is 10.0 Å². The van der Waals surface area contributed by atoms with Gasteiger partial charge in [0.2, 0.25) is 15.9 Å². The van der Waals surface area contributed by atoms with Gasteiger partial charge in [-0.15, -0.1) is 0 Å². The van der Waals surface area contributed by atoms with E-state index in [0.29, 0.717) is 12.0 Å². The van der Waals surface area contributed by atoms with Crippen LogP contribution in [0.2, 0.25) is 0 Å². The molecule has 1 aromatic carbocycles. The Balaban J connectivity index is 2.55. The van der Waals surface area contributed by atoms with Crippen LogP contribution in [-0.4, -0.2) is 40.0 Å². The highest BCUT2D eigenvalue weighted by Crippen LogP contribution is 2.06. The lowest BCUT2D eigenvalue weighted by Gasteiger charge is -2.18. The molecule has 0 spiro atoms. The van der Waals surface area contributed by atoms with Gasteiger partial charge in [0.1, 0.15) is 6.04 Å². The number of hydrogen-bond donors (Lipinski definition) is 2. The summed E-state index contributed by atoms with van der Waals surface area (Å²) in [5.74, 6) is -1.18. The molecule has 0 saturated carbocycles. The second-order valence-electron chi connectivity index (χ2n) is 5.84. The van der Waals surface area contributed by atoms with Crippen LogP contribution in [0.4, 0.5) is 0 Å². The molecular formula is C16H24N2O5S. The van der Waals surface area contributed by atoms with E-state index >= 15 is 0 Å². The molecule has 0 aliphatic heterocycles. The third kappa shape index (κ3) is 7.56. The fraction of sp³-hybridized carbons (Fsp3) is 0.500. The molecule has 0 aromatic heterocycles. The highest BCUT2D eigenvalue weighted by molar-refractivity contribution is 7.88. The largest absolute Gasteiger partial charge is 0.467 e. The Morgan fingerprint density at radius 1 is 1.17 bits per heavy atom. The molecule has 0 radical (unpaired) electrons. The van der Waals surface area contributed by atoms with Crippen molar-refractivity contribution in [2.24, 2.45) is 5.92 Å². The number of rotatable bonds is 9. The molecular weight excluding hydrogens is 332 g/mol. The minimum Gasteiger partial charge on any atom is -0.467 e. The minimum absolute atomic E-state index is 0.171. The Morgan fingerprint density at radius 3 is 2.33 bits per heavy atom. The number of sulfonamides is 1. The van der Waals surface area contributed by atoms with E-state index in [1.807, 2.05) is 13.8 Å². The quantitative estimate of drug-likeness (QED) is 0.638. The number of methoxy groups -OCH3 is 1. The molecule has 8 heteroatoms. The number of ether oxygens (including phenoxy) is 1. The van der Waals surface area contributed by atoms with Crippen molar-refractivity contribution in [3.05, 3.63) is 35.9 Å². The zero-order valence-corrected chi connectivity index (χ0v) is 14.9. The maximum absolute atomic E-state index is 12.0. The lowest BCUT2D eigenvalue weighted by molar-refractivity contribution is -0.145. The standard InChI is InChI=1S/C16H24N2O5S/c1-12(2)9-14(16(20)23-3)18-15(19)10-17-24(21,22)11-13-7-5-4-6-8-13/h4-8,12,14,17H,9-11H2,1-3H3,(H,18,19)/t14-/m0/s1. The van der Waals surface area contributed by atoms with E-state index in [1.54, 1.807) is 30.3 Å². The average molecular weight is 356 g/mol. The van der Waals surface area contributed by atoms with Gasteiger partial charge in [-0.3, -0.25) is 4.79 Å². The smallest absolute Gasteiger partial charge is 0.328 e. The molecule has 0 aliphatic carbocycles. The van der Waals surface area contributed by atoms with Gasteiger partial charge in [0.25, 0.3) is 0 Å². The van der Waals surface area contributed by atoms with E-state index in [4.69, 9.17) is 0 Å². The first kappa shape index (κ1) is 20.1. The number of carbonyl (C=O) groups excluding carboxylic acids is 2. The van der Waals surface area contributed by atoms with Gasteiger partial charge in [-0.25, -0.2) is 17.9 Å². The Hall–Kier alpha value is -1.93. The van der Waals surface area contributed by atoms with Crippen molar-refractivity contribution in [2.75, 3.05) is 13.7 Å². The molecule has 24 heavy (non-hydrogen) atoms. The van der Waals surface area contributed by atoms with Crippen LogP contribution in [-0.2, 0) is 30.1 Å². The third-order valence-electron chi connectivity index (χ3n) is 3.18. The molecule has 134 valence electrons. The Morgan fingerprint density at radius 2 is 1.79 bits per heavy atom. The zero-order chi connectivity index (χ0) is 18.2. The zero-order valence-electron chi connectivity index (χ0n) is 14.1. The van der Waals surface area contributed by atoms with Crippen LogP contribution in [0.25, 0.3) is 0 Å².